The smallest absolute Gasteiger partial charge is 0.235 e. The summed E-state index contributed by atoms with van der Waals surface area (Å²) in [6, 6.07) is 0. The first-order chi connectivity index (χ1) is 12.3. The Morgan fingerprint density at radius 1 is 0.760 bits per heavy atom. The van der Waals surface area contributed by atoms with Crippen LogP contribution in [0.1, 0.15) is 89.7 Å². The molecular weight excluding hydrogens is 328 g/mol. The molecule has 0 fully saturated rings. The molecule has 0 aliphatic carbocycles. The summed E-state index contributed by atoms with van der Waals surface area (Å²) in [4.78, 5) is 9.09. The maximum Gasteiger partial charge on any atom is 0.235 e. The molecule has 2 rings (SSSR count). The van der Waals surface area contributed by atoms with Crippen LogP contribution in [0.15, 0.2) is 10.8 Å². The fourth-order valence-corrected chi connectivity index (χ4v) is 3.79. The van der Waals surface area contributed by atoms with Gasteiger partial charge in [0, 0.05) is 10.8 Å². The fraction of sp³-hybridized carbons (Fsp3) is 0.714. The highest BCUT2D eigenvalue weighted by molar-refractivity contribution is 7.09. The molecule has 140 valence electrons. The highest BCUT2D eigenvalue weighted by Crippen LogP contribution is 2.21. The zero-order valence-electron chi connectivity index (χ0n) is 16.1. The van der Waals surface area contributed by atoms with Crippen molar-refractivity contribution in [3.8, 4) is 5.88 Å². The van der Waals surface area contributed by atoms with E-state index < -0.39 is 0 Å². The van der Waals surface area contributed by atoms with Crippen molar-refractivity contribution in [2.24, 2.45) is 0 Å². The zero-order chi connectivity index (χ0) is 17.7. The molecule has 3 nitrogen and oxygen atoms in total. The van der Waals surface area contributed by atoms with Crippen molar-refractivity contribution >= 4 is 22.4 Å². The van der Waals surface area contributed by atoms with Crippen LogP contribution in [0, 0.1) is 6.92 Å². The average molecular weight is 363 g/mol. The molecule has 2 heterocycles. The standard InChI is InChI=1S/C21H34N2OS/c1-3-4-5-6-7-8-9-10-11-12-13-14-15-24-21-18(2)22-19-16-25-17-20(19)23-21/h16-17H,3-15H2,1-2H3. The van der Waals surface area contributed by atoms with Crippen molar-refractivity contribution in [3.63, 3.8) is 0 Å². The van der Waals surface area contributed by atoms with E-state index in [4.69, 9.17) is 4.74 Å². The highest BCUT2D eigenvalue weighted by atomic mass is 32.1. The molecule has 0 spiro atoms. The van der Waals surface area contributed by atoms with Gasteiger partial charge < -0.3 is 4.74 Å². The van der Waals surface area contributed by atoms with Gasteiger partial charge in [-0.1, -0.05) is 77.6 Å². The van der Waals surface area contributed by atoms with E-state index in [2.05, 4.69) is 16.9 Å². The first-order valence-electron chi connectivity index (χ1n) is 10.1. The van der Waals surface area contributed by atoms with Crippen LogP contribution < -0.4 is 4.74 Å². The lowest BCUT2D eigenvalue weighted by Crippen LogP contribution is -2.02. The molecule has 2 aromatic heterocycles. The Morgan fingerprint density at radius 3 is 1.88 bits per heavy atom. The molecule has 0 bridgehead atoms. The van der Waals surface area contributed by atoms with Gasteiger partial charge in [-0.05, 0) is 13.3 Å². The minimum Gasteiger partial charge on any atom is -0.476 e. The van der Waals surface area contributed by atoms with E-state index >= 15 is 0 Å². The number of hydrogen-bond donors (Lipinski definition) is 0. The number of aryl methyl sites for hydroxylation is 1. The van der Waals surface area contributed by atoms with Gasteiger partial charge in [0.25, 0.3) is 0 Å². The van der Waals surface area contributed by atoms with Crippen LogP contribution in [-0.4, -0.2) is 16.6 Å². The fourth-order valence-electron chi connectivity index (χ4n) is 3.12. The second-order valence-electron chi connectivity index (χ2n) is 6.99. The Morgan fingerprint density at radius 2 is 1.28 bits per heavy atom. The predicted molar refractivity (Wildman–Crippen MR) is 109 cm³/mol. The number of unbranched alkanes of at least 4 members (excludes halogenated alkanes) is 11. The van der Waals surface area contributed by atoms with Gasteiger partial charge in [-0.3, -0.25) is 0 Å². The highest BCUT2D eigenvalue weighted by Gasteiger charge is 2.06. The molecular formula is C21H34N2OS. The Labute approximate surface area is 157 Å². The number of thiophene rings is 1. The summed E-state index contributed by atoms with van der Waals surface area (Å²) < 4.78 is 5.84. The van der Waals surface area contributed by atoms with Crippen LogP contribution in [0.3, 0.4) is 0 Å². The van der Waals surface area contributed by atoms with Crippen LogP contribution in [0.4, 0.5) is 0 Å². The second kappa shape index (κ2) is 12.2. The van der Waals surface area contributed by atoms with Gasteiger partial charge >= 0.3 is 0 Å². The van der Waals surface area contributed by atoms with E-state index in [9.17, 15) is 0 Å². The molecule has 0 atom stereocenters. The number of nitrogens with zero attached hydrogens (tertiary/aromatic N) is 2. The summed E-state index contributed by atoms with van der Waals surface area (Å²) >= 11 is 1.64. The summed E-state index contributed by atoms with van der Waals surface area (Å²) in [5.74, 6) is 0.703. The third-order valence-corrected chi connectivity index (χ3v) is 5.40. The van der Waals surface area contributed by atoms with Crippen LogP contribution in [-0.2, 0) is 0 Å². The normalized spacial score (nSPS) is 11.3. The second-order valence-corrected chi connectivity index (χ2v) is 7.74. The van der Waals surface area contributed by atoms with E-state index in [0.717, 1.165) is 29.8 Å². The summed E-state index contributed by atoms with van der Waals surface area (Å²) in [7, 11) is 0. The molecule has 0 aliphatic rings. The van der Waals surface area contributed by atoms with E-state index in [1.165, 1.54) is 70.6 Å². The topological polar surface area (TPSA) is 35.0 Å². The number of aromatic nitrogens is 2. The van der Waals surface area contributed by atoms with Crippen LogP contribution in [0.5, 0.6) is 5.88 Å². The van der Waals surface area contributed by atoms with Crippen LogP contribution in [0.25, 0.3) is 11.0 Å². The van der Waals surface area contributed by atoms with Gasteiger partial charge in [0.15, 0.2) is 0 Å². The molecule has 25 heavy (non-hydrogen) atoms. The lowest BCUT2D eigenvalue weighted by molar-refractivity contribution is 0.291. The van der Waals surface area contributed by atoms with Crippen molar-refractivity contribution in [3.05, 3.63) is 16.5 Å². The van der Waals surface area contributed by atoms with Crippen molar-refractivity contribution in [1.82, 2.24) is 9.97 Å². The minimum absolute atomic E-state index is 0.703. The molecule has 0 aliphatic heterocycles. The quantitative estimate of drug-likeness (QED) is 0.337. The van der Waals surface area contributed by atoms with E-state index in [0.29, 0.717) is 5.88 Å². The summed E-state index contributed by atoms with van der Waals surface area (Å²) in [5.41, 5.74) is 2.81. The molecule has 2 aromatic rings. The lowest BCUT2D eigenvalue weighted by Gasteiger charge is -2.07. The minimum atomic E-state index is 0.703. The van der Waals surface area contributed by atoms with Crippen LogP contribution in [0.2, 0.25) is 0 Å². The third kappa shape index (κ3) is 7.72. The van der Waals surface area contributed by atoms with Crippen molar-refractivity contribution < 1.29 is 4.74 Å². The summed E-state index contributed by atoms with van der Waals surface area (Å²) in [6.07, 6.45) is 16.4. The van der Waals surface area contributed by atoms with Gasteiger partial charge in [-0.2, -0.15) is 0 Å². The Bertz CT molecular complexity index is 597. The Balaban J connectivity index is 1.45. The predicted octanol–water partition coefficient (Wildman–Crippen LogP) is 7.08. The van der Waals surface area contributed by atoms with Crippen molar-refractivity contribution in [2.75, 3.05) is 6.61 Å². The van der Waals surface area contributed by atoms with Gasteiger partial charge in [-0.25, -0.2) is 9.97 Å². The number of hydrogen-bond acceptors (Lipinski definition) is 4. The average Bonchev–Trinajstić information content (AvgIpc) is 3.06. The van der Waals surface area contributed by atoms with Crippen molar-refractivity contribution in [2.45, 2.75) is 90.9 Å². The Hall–Kier alpha value is -1.16. The first-order valence-corrected chi connectivity index (χ1v) is 11.1. The molecule has 0 radical (unpaired) electrons. The SMILES string of the molecule is CCCCCCCCCCCCCCOc1nc2cscc2nc1C. The van der Waals surface area contributed by atoms with Gasteiger partial charge in [0.2, 0.25) is 5.88 Å². The van der Waals surface area contributed by atoms with Crippen molar-refractivity contribution in [1.29, 1.82) is 0 Å². The molecule has 0 aromatic carbocycles. The number of rotatable bonds is 14. The van der Waals surface area contributed by atoms with E-state index in [1.54, 1.807) is 11.3 Å². The largest absolute Gasteiger partial charge is 0.476 e. The van der Waals surface area contributed by atoms with E-state index in [1.807, 2.05) is 17.7 Å². The number of fused-ring (bicyclic) bond motifs is 1. The zero-order valence-corrected chi connectivity index (χ0v) is 16.9. The van der Waals surface area contributed by atoms with Gasteiger partial charge in [0.05, 0.1) is 12.1 Å². The molecule has 0 unspecified atom stereocenters. The molecule has 0 N–H and O–H groups in total. The molecule has 0 saturated carbocycles. The third-order valence-electron chi connectivity index (χ3n) is 4.68. The maximum atomic E-state index is 5.84. The van der Waals surface area contributed by atoms with Crippen LogP contribution >= 0.6 is 11.3 Å². The molecule has 0 saturated heterocycles. The summed E-state index contributed by atoms with van der Waals surface area (Å²) in [5, 5.41) is 4.06. The lowest BCUT2D eigenvalue weighted by atomic mass is 10.1. The number of ether oxygens (including phenoxy) is 1. The first kappa shape index (κ1) is 20.2. The monoisotopic (exact) mass is 362 g/mol. The molecule has 0 amide bonds. The summed E-state index contributed by atoms with van der Waals surface area (Å²) in [6.45, 7) is 5.01. The van der Waals surface area contributed by atoms with Gasteiger partial charge in [-0.15, -0.1) is 11.3 Å². The van der Waals surface area contributed by atoms with E-state index in [-0.39, 0.29) is 0 Å². The maximum absolute atomic E-state index is 5.84. The molecule has 4 heteroatoms. The van der Waals surface area contributed by atoms with Gasteiger partial charge in [0.1, 0.15) is 11.2 Å². The Kier molecular flexibility index (Phi) is 9.86.